The molecule has 1 aliphatic rings. The fourth-order valence-corrected chi connectivity index (χ4v) is 3.03. The van der Waals surface area contributed by atoms with Crippen LogP contribution in [0, 0.1) is 6.92 Å². The van der Waals surface area contributed by atoms with Gasteiger partial charge in [0.2, 0.25) is 0 Å². The highest BCUT2D eigenvalue weighted by Gasteiger charge is 2.27. The predicted molar refractivity (Wildman–Crippen MR) is 78.7 cm³/mol. The second kappa shape index (κ2) is 6.03. The molecule has 0 aliphatic carbocycles. The lowest BCUT2D eigenvalue weighted by atomic mass is 9.98. The van der Waals surface area contributed by atoms with Crippen LogP contribution in [0.1, 0.15) is 37.6 Å². The maximum absolute atomic E-state index is 9.95. The first-order chi connectivity index (χ1) is 10.1. The fraction of sp³-hybridized carbons (Fsp3) is 0.562. The molecule has 1 saturated heterocycles. The van der Waals surface area contributed by atoms with Crippen LogP contribution in [0.4, 0.5) is 0 Å². The van der Waals surface area contributed by atoms with Crippen LogP contribution in [0.25, 0.3) is 11.7 Å². The normalized spacial score (nSPS) is 21.6. The van der Waals surface area contributed by atoms with Crippen LogP contribution < -0.4 is 0 Å². The molecule has 114 valence electrons. The minimum atomic E-state index is -0.318. The lowest BCUT2D eigenvalue weighted by Crippen LogP contribution is -2.45. The summed E-state index contributed by atoms with van der Waals surface area (Å²) in [5.41, 5.74) is 0.925. The SMILES string of the molecule is Cc1oc(-c2ccco2)nc1CN1CCCC[C@H]1[C@@H](C)O. The van der Waals surface area contributed by atoms with E-state index in [-0.39, 0.29) is 12.1 Å². The second-order valence-electron chi connectivity index (χ2n) is 5.77. The molecule has 0 saturated carbocycles. The van der Waals surface area contributed by atoms with E-state index in [1.165, 1.54) is 12.8 Å². The number of likely N-dealkylation sites (tertiary alicyclic amines) is 1. The van der Waals surface area contributed by atoms with Gasteiger partial charge >= 0.3 is 0 Å². The molecule has 1 fully saturated rings. The number of rotatable bonds is 4. The van der Waals surface area contributed by atoms with Crippen molar-refractivity contribution < 1.29 is 13.9 Å². The van der Waals surface area contributed by atoms with Crippen LogP contribution in [0.3, 0.4) is 0 Å². The van der Waals surface area contributed by atoms with Crippen LogP contribution in [0.5, 0.6) is 0 Å². The number of oxazole rings is 1. The molecular weight excluding hydrogens is 268 g/mol. The van der Waals surface area contributed by atoms with Crippen LogP contribution in [-0.2, 0) is 6.54 Å². The van der Waals surface area contributed by atoms with E-state index in [1.54, 1.807) is 6.26 Å². The molecule has 3 rings (SSSR count). The quantitative estimate of drug-likeness (QED) is 0.938. The fourth-order valence-electron chi connectivity index (χ4n) is 3.03. The van der Waals surface area contributed by atoms with Gasteiger partial charge < -0.3 is 13.9 Å². The van der Waals surface area contributed by atoms with Gasteiger partial charge in [0.05, 0.1) is 18.1 Å². The summed E-state index contributed by atoms with van der Waals surface area (Å²) < 4.78 is 11.0. The molecule has 0 radical (unpaired) electrons. The van der Waals surface area contributed by atoms with E-state index in [9.17, 15) is 5.11 Å². The van der Waals surface area contributed by atoms with E-state index in [0.717, 1.165) is 24.4 Å². The monoisotopic (exact) mass is 290 g/mol. The van der Waals surface area contributed by atoms with Gasteiger partial charge in [-0.15, -0.1) is 0 Å². The number of aromatic nitrogens is 1. The Morgan fingerprint density at radius 2 is 2.33 bits per heavy atom. The van der Waals surface area contributed by atoms with E-state index in [1.807, 2.05) is 26.0 Å². The summed E-state index contributed by atoms with van der Waals surface area (Å²) in [6.45, 7) is 5.51. The van der Waals surface area contributed by atoms with Crippen molar-refractivity contribution in [1.29, 1.82) is 0 Å². The predicted octanol–water partition coefficient (Wildman–Crippen LogP) is 2.98. The van der Waals surface area contributed by atoms with Crippen molar-refractivity contribution in [1.82, 2.24) is 9.88 Å². The summed E-state index contributed by atoms with van der Waals surface area (Å²) in [5.74, 6) is 1.99. The van der Waals surface area contributed by atoms with E-state index in [4.69, 9.17) is 8.83 Å². The lowest BCUT2D eigenvalue weighted by molar-refractivity contribution is 0.0308. The van der Waals surface area contributed by atoms with Crippen molar-refractivity contribution in [2.75, 3.05) is 6.54 Å². The molecule has 0 amide bonds. The van der Waals surface area contributed by atoms with Crippen molar-refractivity contribution in [3.63, 3.8) is 0 Å². The van der Waals surface area contributed by atoms with Crippen molar-refractivity contribution in [2.24, 2.45) is 0 Å². The van der Waals surface area contributed by atoms with Gasteiger partial charge in [-0.25, -0.2) is 4.98 Å². The number of aliphatic hydroxyl groups excluding tert-OH is 1. The first-order valence-electron chi connectivity index (χ1n) is 7.57. The number of furan rings is 1. The largest absolute Gasteiger partial charge is 0.459 e. The first kappa shape index (κ1) is 14.4. The summed E-state index contributed by atoms with van der Waals surface area (Å²) in [6.07, 6.45) is 4.69. The molecule has 1 aliphatic heterocycles. The van der Waals surface area contributed by atoms with Gasteiger partial charge in [0.1, 0.15) is 5.76 Å². The van der Waals surface area contributed by atoms with E-state index in [0.29, 0.717) is 18.2 Å². The van der Waals surface area contributed by atoms with Gasteiger partial charge in [-0.2, -0.15) is 0 Å². The maximum atomic E-state index is 9.95. The van der Waals surface area contributed by atoms with Gasteiger partial charge in [0.15, 0.2) is 5.76 Å². The first-order valence-corrected chi connectivity index (χ1v) is 7.57. The molecular formula is C16H22N2O3. The summed E-state index contributed by atoms with van der Waals surface area (Å²) in [7, 11) is 0. The smallest absolute Gasteiger partial charge is 0.263 e. The standard InChI is InChI=1S/C16H22N2O3/c1-11(19)14-6-3-4-8-18(14)10-13-12(2)21-16(17-13)15-7-5-9-20-15/h5,7,9,11,14,19H,3-4,6,8,10H2,1-2H3/t11-,14+/m1/s1. The number of hydrogen-bond acceptors (Lipinski definition) is 5. The lowest BCUT2D eigenvalue weighted by Gasteiger charge is -2.37. The molecule has 5 nitrogen and oxygen atoms in total. The van der Waals surface area contributed by atoms with Gasteiger partial charge in [-0.3, -0.25) is 4.90 Å². The molecule has 2 aromatic heterocycles. The van der Waals surface area contributed by atoms with Crippen LogP contribution in [-0.4, -0.2) is 33.7 Å². The molecule has 0 unspecified atom stereocenters. The molecule has 1 N–H and O–H groups in total. The number of piperidine rings is 1. The number of hydrogen-bond donors (Lipinski definition) is 1. The minimum Gasteiger partial charge on any atom is -0.459 e. The zero-order chi connectivity index (χ0) is 14.8. The Balaban J connectivity index is 1.78. The molecule has 0 spiro atoms. The Hall–Kier alpha value is -1.59. The summed E-state index contributed by atoms with van der Waals surface area (Å²) in [6, 6.07) is 3.87. The van der Waals surface area contributed by atoms with Crippen LogP contribution in [0.15, 0.2) is 27.2 Å². The van der Waals surface area contributed by atoms with Crippen LogP contribution in [0.2, 0.25) is 0 Å². The maximum Gasteiger partial charge on any atom is 0.263 e. The average Bonchev–Trinajstić information content (AvgIpc) is 3.10. The van der Waals surface area contributed by atoms with Crippen LogP contribution >= 0.6 is 0 Å². The van der Waals surface area contributed by atoms with E-state index >= 15 is 0 Å². The summed E-state index contributed by atoms with van der Waals surface area (Å²) in [5, 5.41) is 9.95. The zero-order valence-corrected chi connectivity index (χ0v) is 12.6. The van der Waals surface area contributed by atoms with E-state index < -0.39 is 0 Å². The van der Waals surface area contributed by atoms with Crippen molar-refractivity contribution in [3.8, 4) is 11.7 Å². The Morgan fingerprint density at radius 3 is 3.05 bits per heavy atom. The Morgan fingerprint density at radius 1 is 1.48 bits per heavy atom. The Kier molecular flexibility index (Phi) is 4.12. The molecule has 2 aromatic rings. The molecule has 0 bridgehead atoms. The number of aliphatic hydroxyl groups is 1. The van der Waals surface area contributed by atoms with Gasteiger partial charge in [0.25, 0.3) is 5.89 Å². The van der Waals surface area contributed by atoms with E-state index in [2.05, 4.69) is 9.88 Å². The van der Waals surface area contributed by atoms with Gasteiger partial charge in [-0.05, 0) is 45.4 Å². The molecule has 2 atom stereocenters. The van der Waals surface area contributed by atoms with Crippen molar-refractivity contribution in [3.05, 3.63) is 29.9 Å². The van der Waals surface area contributed by atoms with Crippen molar-refractivity contribution in [2.45, 2.75) is 51.8 Å². The zero-order valence-electron chi connectivity index (χ0n) is 12.6. The molecule has 5 heteroatoms. The number of aryl methyl sites for hydroxylation is 1. The molecule has 3 heterocycles. The third kappa shape index (κ3) is 3.04. The third-order valence-corrected chi connectivity index (χ3v) is 4.20. The molecule has 0 aromatic carbocycles. The summed E-state index contributed by atoms with van der Waals surface area (Å²) in [4.78, 5) is 6.87. The highest BCUT2D eigenvalue weighted by molar-refractivity contribution is 5.44. The van der Waals surface area contributed by atoms with Gasteiger partial charge in [0, 0.05) is 12.6 Å². The second-order valence-corrected chi connectivity index (χ2v) is 5.77. The third-order valence-electron chi connectivity index (χ3n) is 4.20. The Labute approximate surface area is 124 Å². The Bertz CT molecular complexity index is 574. The molecule has 21 heavy (non-hydrogen) atoms. The van der Waals surface area contributed by atoms with Crippen molar-refractivity contribution >= 4 is 0 Å². The minimum absolute atomic E-state index is 0.210. The van der Waals surface area contributed by atoms with Gasteiger partial charge in [-0.1, -0.05) is 6.42 Å². The number of nitrogens with zero attached hydrogens (tertiary/aromatic N) is 2. The highest BCUT2D eigenvalue weighted by Crippen LogP contribution is 2.26. The topological polar surface area (TPSA) is 62.6 Å². The average molecular weight is 290 g/mol. The summed E-state index contributed by atoms with van der Waals surface area (Å²) >= 11 is 0. The highest BCUT2D eigenvalue weighted by atomic mass is 16.4.